The first-order valence-corrected chi connectivity index (χ1v) is 6.92. The number of sulfonamides is 1. The number of nitrogens with two attached hydrogens (primary N) is 1. The molecule has 1 saturated heterocycles. The lowest BCUT2D eigenvalue weighted by Crippen LogP contribution is -2.30. The Hall–Kier alpha value is -1.40. The Balaban J connectivity index is 2.27. The minimum absolute atomic E-state index is 0.0862. The van der Waals surface area contributed by atoms with E-state index in [1.807, 2.05) is 4.90 Å². The molecule has 0 aromatic heterocycles. The predicted molar refractivity (Wildman–Crippen MR) is 64.2 cm³/mol. The van der Waals surface area contributed by atoms with Crippen LogP contribution in [-0.2, 0) is 14.8 Å². The molecule has 2 N–H and O–H groups in total. The van der Waals surface area contributed by atoms with E-state index in [9.17, 15) is 13.2 Å². The van der Waals surface area contributed by atoms with Crippen molar-refractivity contribution in [2.75, 3.05) is 11.4 Å². The molecular formula is C11H14N2O3S. The molecule has 5 nitrogen and oxygen atoms in total. The molecule has 1 aromatic rings. The van der Waals surface area contributed by atoms with Gasteiger partial charge in [-0.1, -0.05) is 0 Å². The van der Waals surface area contributed by atoms with E-state index >= 15 is 0 Å². The van der Waals surface area contributed by atoms with Crippen molar-refractivity contribution in [2.45, 2.75) is 23.8 Å². The molecule has 0 saturated carbocycles. The van der Waals surface area contributed by atoms with Gasteiger partial charge >= 0.3 is 0 Å². The molecule has 1 aliphatic rings. The molecule has 1 aromatic carbocycles. The maximum absolute atomic E-state index is 11.1. The van der Waals surface area contributed by atoms with Crippen LogP contribution in [0.25, 0.3) is 0 Å². The fourth-order valence-corrected chi connectivity index (χ4v) is 2.60. The second-order valence-corrected chi connectivity index (χ2v) is 5.64. The van der Waals surface area contributed by atoms with Gasteiger partial charge in [0, 0.05) is 12.2 Å². The van der Waals surface area contributed by atoms with Crippen LogP contribution in [0.1, 0.15) is 12.8 Å². The van der Waals surface area contributed by atoms with Gasteiger partial charge in [0.25, 0.3) is 0 Å². The van der Waals surface area contributed by atoms with E-state index in [2.05, 4.69) is 0 Å². The molecule has 92 valence electrons. The molecule has 0 radical (unpaired) electrons. The van der Waals surface area contributed by atoms with Crippen molar-refractivity contribution >= 4 is 22.0 Å². The Kier molecular flexibility index (Phi) is 3.17. The SMILES string of the molecule is NS(=O)(=O)c1ccc(N2CCCC2C=O)cc1. The van der Waals surface area contributed by atoms with Gasteiger partial charge in [-0.2, -0.15) is 0 Å². The number of aldehydes is 1. The van der Waals surface area contributed by atoms with Crippen molar-refractivity contribution in [1.82, 2.24) is 0 Å². The predicted octanol–water partition coefficient (Wildman–Crippen LogP) is 0.502. The minimum atomic E-state index is -3.65. The summed E-state index contributed by atoms with van der Waals surface area (Å²) in [4.78, 5) is 12.9. The van der Waals surface area contributed by atoms with Gasteiger partial charge < -0.3 is 9.69 Å². The van der Waals surface area contributed by atoms with E-state index in [4.69, 9.17) is 5.14 Å². The van der Waals surface area contributed by atoms with E-state index in [0.29, 0.717) is 0 Å². The molecule has 0 aliphatic carbocycles. The average Bonchev–Trinajstić information content (AvgIpc) is 2.76. The van der Waals surface area contributed by atoms with Crippen molar-refractivity contribution < 1.29 is 13.2 Å². The summed E-state index contributed by atoms with van der Waals surface area (Å²) in [5, 5.41) is 5.02. The molecule has 6 heteroatoms. The smallest absolute Gasteiger partial charge is 0.238 e. The van der Waals surface area contributed by atoms with E-state index in [1.165, 1.54) is 12.1 Å². The summed E-state index contributed by atoms with van der Waals surface area (Å²) in [7, 11) is -3.65. The Morgan fingerprint density at radius 3 is 2.47 bits per heavy atom. The van der Waals surface area contributed by atoms with Gasteiger partial charge in [-0.15, -0.1) is 0 Å². The maximum atomic E-state index is 11.1. The van der Waals surface area contributed by atoms with Gasteiger partial charge in [0.2, 0.25) is 10.0 Å². The first-order chi connectivity index (χ1) is 8.02. The third-order valence-corrected chi connectivity index (χ3v) is 3.88. The lowest BCUT2D eigenvalue weighted by Gasteiger charge is -2.22. The van der Waals surface area contributed by atoms with Crippen LogP contribution < -0.4 is 10.0 Å². The highest BCUT2D eigenvalue weighted by molar-refractivity contribution is 7.89. The van der Waals surface area contributed by atoms with Crippen molar-refractivity contribution in [3.05, 3.63) is 24.3 Å². The van der Waals surface area contributed by atoms with Gasteiger partial charge in [0.05, 0.1) is 10.9 Å². The minimum Gasteiger partial charge on any atom is -0.362 e. The summed E-state index contributed by atoms with van der Waals surface area (Å²) in [5.74, 6) is 0. The molecule has 0 amide bonds. The summed E-state index contributed by atoms with van der Waals surface area (Å²) in [6.07, 6.45) is 2.75. The van der Waals surface area contributed by atoms with Crippen LogP contribution in [0.2, 0.25) is 0 Å². The van der Waals surface area contributed by atoms with Gasteiger partial charge in [0.15, 0.2) is 0 Å². The van der Waals surface area contributed by atoms with Gasteiger partial charge in [0.1, 0.15) is 6.29 Å². The summed E-state index contributed by atoms with van der Waals surface area (Å²) in [5.41, 5.74) is 0.854. The number of primary sulfonamides is 1. The highest BCUT2D eigenvalue weighted by Gasteiger charge is 2.24. The van der Waals surface area contributed by atoms with Crippen LogP contribution in [0.4, 0.5) is 5.69 Å². The topological polar surface area (TPSA) is 80.5 Å². The van der Waals surface area contributed by atoms with Crippen molar-refractivity contribution in [2.24, 2.45) is 5.14 Å². The maximum Gasteiger partial charge on any atom is 0.238 e. The molecule has 1 atom stereocenters. The Morgan fingerprint density at radius 2 is 1.94 bits per heavy atom. The second-order valence-electron chi connectivity index (χ2n) is 4.08. The normalized spacial score (nSPS) is 20.5. The van der Waals surface area contributed by atoms with Crippen molar-refractivity contribution in [1.29, 1.82) is 0 Å². The Bertz CT molecular complexity index is 510. The fourth-order valence-electron chi connectivity index (χ4n) is 2.08. The van der Waals surface area contributed by atoms with Crippen LogP contribution in [0.3, 0.4) is 0 Å². The third-order valence-electron chi connectivity index (χ3n) is 2.95. The molecule has 1 unspecified atom stereocenters. The second kappa shape index (κ2) is 4.46. The average molecular weight is 254 g/mol. The zero-order valence-electron chi connectivity index (χ0n) is 9.24. The van der Waals surface area contributed by atoms with Crippen LogP contribution in [-0.4, -0.2) is 27.3 Å². The third kappa shape index (κ3) is 2.48. The zero-order valence-corrected chi connectivity index (χ0v) is 10.1. The van der Waals surface area contributed by atoms with E-state index in [1.54, 1.807) is 12.1 Å². The van der Waals surface area contributed by atoms with Gasteiger partial charge in [-0.3, -0.25) is 0 Å². The zero-order chi connectivity index (χ0) is 12.5. The molecule has 1 aliphatic heterocycles. The monoisotopic (exact) mass is 254 g/mol. The first-order valence-electron chi connectivity index (χ1n) is 5.37. The molecule has 0 bridgehead atoms. The number of hydrogen-bond acceptors (Lipinski definition) is 4. The molecule has 2 rings (SSSR count). The first kappa shape index (κ1) is 12.1. The quantitative estimate of drug-likeness (QED) is 0.797. The number of carbonyl (C=O) groups excluding carboxylic acids is 1. The van der Waals surface area contributed by atoms with Crippen molar-refractivity contribution in [3.63, 3.8) is 0 Å². The Labute approximate surface area is 100 Å². The van der Waals surface area contributed by atoms with Crippen molar-refractivity contribution in [3.8, 4) is 0 Å². The lowest BCUT2D eigenvalue weighted by atomic mass is 10.2. The summed E-state index contributed by atoms with van der Waals surface area (Å²) >= 11 is 0. The number of hydrogen-bond donors (Lipinski definition) is 1. The number of benzene rings is 1. The van der Waals surface area contributed by atoms with Crippen LogP contribution in [0.5, 0.6) is 0 Å². The van der Waals surface area contributed by atoms with Crippen LogP contribution in [0, 0.1) is 0 Å². The number of nitrogens with zero attached hydrogens (tertiary/aromatic N) is 1. The number of anilines is 1. The van der Waals surface area contributed by atoms with E-state index in [-0.39, 0.29) is 10.9 Å². The molecule has 1 fully saturated rings. The number of carbonyl (C=O) groups is 1. The van der Waals surface area contributed by atoms with Gasteiger partial charge in [-0.25, -0.2) is 13.6 Å². The molecular weight excluding hydrogens is 240 g/mol. The summed E-state index contributed by atoms with van der Waals surface area (Å²) < 4.78 is 22.2. The van der Waals surface area contributed by atoms with E-state index in [0.717, 1.165) is 31.4 Å². The molecule has 0 spiro atoms. The standard InChI is InChI=1S/C11H14N2O3S/c12-17(15,16)11-5-3-9(4-6-11)13-7-1-2-10(13)8-14/h3-6,8,10H,1-2,7H2,(H2,12,15,16). The molecule has 1 heterocycles. The highest BCUT2D eigenvalue weighted by atomic mass is 32.2. The Morgan fingerprint density at radius 1 is 1.29 bits per heavy atom. The largest absolute Gasteiger partial charge is 0.362 e. The van der Waals surface area contributed by atoms with Crippen LogP contribution in [0.15, 0.2) is 29.2 Å². The fraction of sp³-hybridized carbons (Fsp3) is 0.364. The van der Waals surface area contributed by atoms with E-state index < -0.39 is 10.0 Å². The molecule has 17 heavy (non-hydrogen) atoms. The van der Waals surface area contributed by atoms with Gasteiger partial charge in [-0.05, 0) is 37.1 Å². The number of rotatable bonds is 3. The summed E-state index contributed by atoms with van der Waals surface area (Å²) in [6, 6.07) is 6.19. The lowest BCUT2D eigenvalue weighted by molar-refractivity contribution is -0.108. The highest BCUT2D eigenvalue weighted by Crippen LogP contribution is 2.25. The van der Waals surface area contributed by atoms with Crippen LogP contribution >= 0.6 is 0 Å². The summed E-state index contributed by atoms with van der Waals surface area (Å²) in [6.45, 7) is 0.818.